The Labute approximate surface area is 74.3 Å². The molecule has 78 valence electrons. The molecule has 0 rings (SSSR count). The lowest BCUT2D eigenvalue weighted by molar-refractivity contribution is -0.199. The van der Waals surface area contributed by atoms with Gasteiger partial charge in [-0.3, -0.25) is 0 Å². The molecule has 0 saturated heterocycles. The Morgan fingerprint density at radius 1 is 1.38 bits per heavy atom. The Balaban J connectivity index is 3.38. The number of hydrogen-bond donors (Lipinski definition) is 1. The second-order valence-electron chi connectivity index (χ2n) is 2.44. The van der Waals surface area contributed by atoms with Gasteiger partial charge in [0.2, 0.25) is 0 Å². The summed E-state index contributed by atoms with van der Waals surface area (Å²) < 4.78 is 38.6. The van der Waals surface area contributed by atoms with Gasteiger partial charge in [0.1, 0.15) is 0 Å². The topological polar surface area (TPSA) is 38.3 Å². The average molecular weight is 199 g/mol. The van der Waals surface area contributed by atoms with Crippen LogP contribution in [0.25, 0.3) is 0 Å². The number of rotatable bonds is 5. The Morgan fingerprint density at radius 2 is 2.00 bits per heavy atom. The summed E-state index contributed by atoms with van der Waals surface area (Å²) in [5.74, 6) is -2.11. The standard InChI is InChI=1S/C7H12F3NO2/c1-11-4-2-3-5-13-6(12)7(8,9)10/h11H,2-5H2,1H3. The van der Waals surface area contributed by atoms with Crippen LogP contribution >= 0.6 is 0 Å². The van der Waals surface area contributed by atoms with Crippen LogP contribution in [-0.2, 0) is 9.53 Å². The third-order valence-electron chi connectivity index (χ3n) is 1.29. The third kappa shape index (κ3) is 6.39. The number of unbranched alkanes of at least 4 members (excludes halogenated alkanes) is 1. The molecule has 0 aromatic rings. The highest BCUT2D eigenvalue weighted by molar-refractivity contribution is 5.75. The number of nitrogens with one attached hydrogen (secondary N) is 1. The van der Waals surface area contributed by atoms with Crippen LogP contribution < -0.4 is 5.32 Å². The molecule has 0 saturated carbocycles. The fraction of sp³-hybridized carbons (Fsp3) is 0.857. The molecule has 0 aliphatic rings. The third-order valence-corrected chi connectivity index (χ3v) is 1.29. The molecule has 6 heteroatoms. The van der Waals surface area contributed by atoms with Crippen LogP contribution in [0.2, 0.25) is 0 Å². The molecule has 0 heterocycles. The summed E-state index contributed by atoms with van der Waals surface area (Å²) in [6, 6.07) is 0. The van der Waals surface area contributed by atoms with Crippen molar-refractivity contribution in [3.05, 3.63) is 0 Å². The van der Waals surface area contributed by atoms with Crippen molar-refractivity contribution in [3.8, 4) is 0 Å². The second kappa shape index (κ2) is 5.80. The van der Waals surface area contributed by atoms with Gasteiger partial charge in [-0.2, -0.15) is 13.2 Å². The Morgan fingerprint density at radius 3 is 2.46 bits per heavy atom. The predicted octanol–water partition coefficient (Wildman–Crippen LogP) is 1.09. The van der Waals surface area contributed by atoms with E-state index in [1.54, 1.807) is 7.05 Å². The zero-order chi connectivity index (χ0) is 10.3. The maximum atomic E-state index is 11.5. The van der Waals surface area contributed by atoms with Crippen LogP contribution in [0.4, 0.5) is 13.2 Å². The molecule has 0 spiro atoms. The Hall–Kier alpha value is -0.780. The van der Waals surface area contributed by atoms with Crippen molar-refractivity contribution in [1.29, 1.82) is 0 Å². The number of esters is 1. The average Bonchev–Trinajstić information content (AvgIpc) is 2.02. The summed E-state index contributed by atoms with van der Waals surface area (Å²) in [5, 5.41) is 2.82. The zero-order valence-corrected chi connectivity index (χ0v) is 7.28. The molecule has 0 atom stereocenters. The van der Waals surface area contributed by atoms with Crippen molar-refractivity contribution >= 4 is 5.97 Å². The molecule has 0 aromatic carbocycles. The maximum Gasteiger partial charge on any atom is 0.490 e. The van der Waals surface area contributed by atoms with Crippen LogP contribution in [0, 0.1) is 0 Å². The van der Waals surface area contributed by atoms with Crippen LogP contribution in [0.3, 0.4) is 0 Å². The van der Waals surface area contributed by atoms with E-state index in [1.165, 1.54) is 0 Å². The summed E-state index contributed by atoms with van der Waals surface area (Å²) in [6.45, 7) is 0.517. The summed E-state index contributed by atoms with van der Waals surface area (Å²) in [7, 11) is 1.74. The Kier molecular flexibility index (Phi) is 5.45. The van der Waals surface area contributed by atoms with E-state index < -0.39 is 12.1 Å². The first-order valence-corrected chi connectivity index (χ1v) is 3.87. The quantitative estimate of drug-likeness (QED) is 0.532. The van der Waals surface area contributed by atoms with Crippen molar-refractivity contribution in [2.75, 3.05) is 20.2 Å². The van der Waals surface area contributed by atoms with E-state index in [2.05, 4.69) is 10.1 Å². The minimum Gasteiger partial charge on any atom is -0.459 e. The van der Waals surface area contributed by atoms with E-state index >= 15 is 0 Å². The molecule has 0 unspecified atom stereocenters. The highest BCUT2D eigenvalue weighted by Crippen LogP contribution is 2.16. The first-order chi connectivity index (χ1) is 5.98. The van der Waals surface area contributed by atoms with Crippen molar-refractivity contribution < 1.29 is 22.7 Å². The first kappa shape index (κ1) is 12.2. The number of alkyl halides is 3. The number of halogens is 3. The fourth-order valence-electron chi connectivity index (χ4n) is 0.651. The van der Waals surface area contributed by atoms with Gasteiger partial charge in [0.25, 0.3) is 0 Å². The van der Waals surface area contributed by atoms with E-state index in [0.29, 0.717) is 19.4 Å². The van der Waals surface area contributed by atoms with Crippen molar-refractivity contribution in [2.45, 2.75) is 19.0 Å². The van der Waals surface area contributed by atoms with Gasteiger partial charge in [-0.15, -0.1) is 0 Å². The lowest BCUT2D eigenvalue weighted by atomic mass is 10.3. The van der Waals surface area contributed by atoms with E-state index in [9.17, 15) is 18.0 Å². The van der Waals surface area contributed by atoms with Crippen molar-refractivity contribution in [3.63, 3.8) is 0 Å². The second-order valence-corrected chi connectivity index (χ2v) is 2.44. The highest BCUT2D eigenvalue weighted by atomic mass is 19.4. The molecule has 13 heavy (non-hydrogen) atoms. The lowest BCUT2D eigenvalue weighted by Crippen LogP contribution is -2.25. The van der Waals surface area contributed by atoms with Gasteiger partial charge >= 0.3 is 12.1 Å². The normalized spacial score (nSPS) is 11.4. The van der Waals surface area contributed by atoms with Gasteiger partial charge in [-0.1, -0.05) is 0 Å². The lowest BCUT2D eigenvalue weighted by Gasteiger charge is -2.06. The maximum absolute atomic E-state index is 11.5. The molecule has 0 radical (unpaired) electrons. The molecular formula is C7H12F3NO2. The molecule has 0 amide bonds. The molecule has 0 aromatic heterocycles. The first-order valence-electron chi connectivity index (χ1n) is 3.87. The van der Waals surface area contributed by atoms with Crippen LogP contribution in [0.15, 0.2) is 0 Å². The number of carbonyl (C=O) groups excluding carboxylic acids is 1. The van der Waals surface area contributed by atoms with E-state index in [-0.39, 0.29) is 6.61 Å². The van der Waals surface area contributed by atoms with Gasteiger partial charge < -0.3 is 10.1 Å². The van der Waals surface area contributed by atoms with Crippen LogP contribution in [0.1, 0.15) is 12.8 Å². The molecule has 0 aliphatic carbocycles. The smallest absolute Gasteiger partial charge is 0.459 e. The SMILES string of the molecule is CNCCCCOC(=O)C(F)(F)F. The zero-order valence-electron chi connectivity index (χ0n) is 7.28. The minimum atomic E-state index is -4.87. The van der Waals surface area contributed by atoms with Crippen LogP contribution in [0.5, 0.6) is 0 Å². The monoisotopic (exact) mass is 199 g/mol. The molecule has 0 bridgehead atoms. The van der Waals surface area contributed by atoms with Gasteiger partial charge in [-0.05, 0) is 26.4 Å². The number of ether oxygens (including phenoxy) is 1. The molecule has 3 nitrogen and oxygen atoms in total. The molecule has 1 N–H and O–H groups in total. The number of carbonyl (C=O) groups is 1. The molecular weight excluding hydrogens is 187 g/mol. The summed E-state index contributed by atoms with van der Waals surface area (Å²) in [6.07, 6.45) is -3.76. The largest absolute Gasteiger partial charge is 0.490 e. The Bertz CT molecular complexity index is 158. The van der Waals surface area contributed by atoms with Crippen LogP contribution in [-0.4, -0.2) is 32.3 Å². The van der Waals surface area contributed by atoms with E-state index in [4.69, 9.17) is 0 Å². The molecule has 0 fully saturated rings. The highest BCUT2D eigenvalue weighted by Gasteiger charge is 2.40. The fourth-order valence-corrected chi connectivity index (χ4v) is 0.651. The summed E-state index contributed by atoms with van der Waals surface area (Å²) in [5.41, 5.74) is 0. The number of hydrogen-bond acceptors (Lipinski definition) is 3. The minimum absolute atomic E-state index is 0.181. The van der Waals surface area contributed by atoms with Gasteiger partial charge in [-0.25, -0.2) is 4.79 Å². The van der Waals surface area contributed by atoms with Gasteiger partial charge in [0.05, 0.1) is 6.61 Å². The van der Waals surface area contributed by atoms with E-state index in [0.717, 1.165) is 0 Å². The van der Waals surface area contributed by atoms with Crippen molar-refractivity contribution in [2.24, 2.45) is 0 Å². The van der Waals surface area contributed by atoms with Gasteiger partial charge in [0.15, 0.2) is 0 Å². The van der Waals surface area contributed by atoms with E-state index in [1.807, 2.05) is 0 Å². The summed E-state index contributed by atoms with van der Waals surface area (Å²) in [4.78, 5) is 10.1. The van der Waals surface area contributed by atoms with Crippen molar-refractivity contribution in [1.82, 2.24) is 5.32 Å². The van der Waals surface area contributed by atoms with Gasteiger partial charge in [0, 0.05) is 0 Å². The molecule has 0 aliphatic heterocycles. The predicted molar refractivity (Wildman–Crippen MR) is 40.2 cm³/mol. The summed E-state index contributed by atoms with van der Waals surface area (Å²) >= 11 is 0.